The first-order valence-electron chi connectivity index (χ1n) is 24.0. The minimum Gasteiger partial charge on any atom is -0.455 e. The third-order valence-electron chi connectivity index (χ3n) is 15.7. The molecule has 1 aliphatic heterocycles. The van der Waals surface area contributed by atoms with E-state index in [4.69, 9.17) is 4.74 Å². The van der Waals surface area contributed by atoms with E-state index in [1.807, 2.05) is 11.3 Å². The highest BCUT2D eigenvalue weighted by atomic mass is 32.1. The highest BCUT2D eigenvalue weighted by molar-refractivity contribution is 7.25. The van der Waals surface area contributed by atoms with Crippen molar-refractivity contribution in [1.29, 1.82) is 0 Å². The molecule has 0 saturated carbocycles. The summed E-state index contributed by atoms with van der Waals surface area (Å²) in [5.74, 6) is 1.86. The lowest BCUT2D eigenvalue weighted by Crippen LogP contribution is -2.32. The van der Waals surface area contributed by atoms with Crippen molar-refractivity contribution in [3.8, 4) is 44.9 Å². The summed E-state index contributed by atoms with van der Waals surface area (Å²) in [5, 5.41) is 7.17. The van der Waals surface area contributed by atoms with Crippen LogP contribution in [0.2, 0.25) is 0 Å². The molecule has 3 aliphatic rings. The quantitative estimate of drug-likeness (QED) is 0.175. The number of hydrogen-bond acceptors (Lipinski definition) is 3. The first kappa shape index (κ1) is 38.8. The molecule has 12 aromatic rings. The normalized spacial score (nSPS) is 14.3. The highest BCUT2D eigenvalue weighted by Gasteiger charge is 2.52. The van der Waals surface area contributed by atoms with Crippen LogP contribution in [-0.4, -0.2) is 0 Å². The molecule has 324 valence electrons. The smallest absolute Gasteiger partial charge is 0.140 e. The Bertz CT molecular complexity index is 4070. The third kappa shape index (κ3) is 5.31. The SMILES string of the molecule is CC1(C)c2ccccc2-c2ccc(N(c3ccc(-c4ccc5c(c4)C4(c6ccccc6-5)c5ccc6ccccc6c5Oc5c4ccc4ccccc54)cc3)c3ccc4sc5ccccc5c4c3)cc21. The Morgan fingerprint density at radius 2 is 0.870 bits per heavy atom. The van der Waals surface area contributed by atoms with E-state index in [2.05, 4.69) is 243 Å². The molecule has 2 heterocycles. The molecular weight excluding hydrogens is 855 g/mol. The van der Waals surface area contributed by atoms with Gasteiger partial charge in [0.05, 0.1) is 5.41 Å². The van der Waals surface area contributed by atoms with Crippen LogP contribution in [0.15, 0.2) is 224 Å². The molecule has 0 amide bonds. The molecular formula is C66H43NOS. The molecule has 0 saturated heterocycles. The lowest BCUT2D eigenvalue weighted by atomic mass is 9.65. The monoisotopic (exact) mass is 897 g/mol. The van der Waals surface area contributed by atoms with Gasteiger partial charge >= 0.3 is 0 Å². The number of rotatable bonds is 4. The summed E-state index contributed by atoms with van der Waals surface area (Å²) >= 11 is 1.86. The van der Waals surface area contributed by atoms with Gasteiger partial charge in [-0.25, -0.2) is 0 Å². The zero-order valence-corrected chi connectivity index (χ0v) is 38.9. The maximum Gasteiger partial charge on any atom is 0.140 e. The van der Waals surface area contributed by atoms with E-state index in [0.29, 0.717) is 0 Å². The van der Waals surface area contributed by atoms with Crippen molar-refractivity contribution in [2.24, 2.45) is 0 Å². The van der Waals surface area contributed by atoms with Crippen LogP contribution < -0.4 is 9.64 Å². The molecule has 2 nitrogen and oxygen atoms in total. The van der Waals surface area contributed by atoms with Crippen LogP contribution in [0.5, 0.6) is 11.5 Å². The number of fused-ring (bicyclic) bond motifs is 19. The average Bonchev–Trinajstić information content (AvgIpc) is 4.00. The molecule has 69 heavy (non-hydrogen) atoms. The summed E-state index contributed by atoms with van der Waals surface area (Å²) in [6.45, 7) is 4.73. The lowest BCUT2D eigenvalue weighted by Gasteiger charge is -2.40. The molecule has 3 heteroatoms. The average molecular weight is 898 g/mol. The van der Waals surface area contributed by atoms with Gasteiger partial charge in [-0.15, -0.1) is 11.3 Å². The van der Waals surface area contributed by atoms with E-state index in [-0.39, 0.29) is 5.41 Å². The summed E-state index contributed by atoms with van der Waals surface area (Å²) in [5.41, 5.74) is 17.8. The molecule has 0 N–H and O–H groups in total. The Hall–Kier alpha value is -8.24. The second-order valence-corrected chi connectivity index (χ2v) is 20.6. The Kier molecular flexibility index (Phi) is 7.96. The van der Waals surface area contributed by atoms with E-state index < -0.39 is 5.41 Å². The molecule has 0 bridgehead atoms. The van der Waals surface area contributed by atoms with Gasteiger partial charge in [0, 0.05) is 64.5 Å². The molecule has 0 atom stereocenters. The molecule has 11 aromatic carbocycles. The van der Waals surface area contributed by atoms with Crippen molar-refractivity contribution < 1.29 is 4.74 Å². The van der Waals surface area contributed by atoms with Gasteiger partial charge in [-0.05, 0) is 121 Å². The van der Waals surface area contributed by atoms with Crippen molar-refractivity contribution >= 4 is 70.1 Å². The van der Waals surface area contributed by atoms with E-state index in [0.717, 1.165) is 39.3 Å². The van der Waals surface area contributed by atoms with Crippen molar-refractivity contribution in [2.75, 3.05) is 4.90 Å². The summed E-state index contributed by atoms with van der Waals surface area (Å²) in [7, 11) is 0. The zero-order valence-electron chi connectivity index (χ0n) is 38.1. The Balaban J connectivity index is 0.912. The van der Waals surface area contributed by atoms with Gasteiger partial charge in [-0.3, -0.25) is 0 Å². The van der Waals surface area contributed by atoms with Crippen molar-refractivity contribution in [3.63, 3.8) is 0 Å². The van der Waals surface area contributed by atoms with E-state index in [9.17, 15) is 0 Å². The lowest BCUT2D eigenvalue weighted by molar-refractivity contribution is 0.447. The maximum absolute atomic E-state index is 7.23. The number of ether oxygens (including phenoxy) is 1. The second-order valence-electron chi connectivity index (χ2n) is 19.5. The molecule has 2 aliphatic carbocycles. The van der Waals surface area contributed by atoms with Gasteiger partial charge < -0.3 is 9.64 Å². The van der Waals surface area contributed by atoms with Crippen LogP contribution in [0.4, 0.5) is 17.1 Å². The first-order valence-corrected chi connectivity index (χ1v) is 24.8. The summed E-state index contributed by atoms with van der Waals surface area (Å²) in [4.78, 5) is 2.45. The van der Waals surface area contributed by atoms with Crippen LogP contribution in [0.3, 0.4) is 0 Å². The van der Waals surface area contributed by atoms with Gasteiger partial charge in [-0.1, -0.05) is 184 Å². The van der Waals surface area contributed by atoms with Gasteiger partial charge in [0.15, 0.2) is 0 Å². The largest absolute Gasteiger partial charge is 0.455 e. The van der Waals surface area contributed by atoms with Crippen LogP contribution in [-0.2, 0) is 10.8 Å². The van der Waals surface area contributed by atoms with Gasteiger partial charge in [0.2, 0.25) is 0 Å². The Morgan fingerprint density at radius 3 is 1.61 bits per heavy atom. The van der Waals surface area contributed by atoms with Crippen molar-refractivity contribution in [2.45, 2.75) is 24.7 Å². The topological polar surface area (TPSA) is 12.5 Å². The predicted octanol–water partition coefficient (Wildman–Crippen LogP) is 18.3. The number of hydrogen-bond donors (Lipinski definition) is 0. The van der Waals surface area contributed by atoms with E-state index in [1.54, 1.807) is 0 Å². The number of benzene rings is 11. The fraction of sp³-hybridized carbons (Fsp3) is 0.0606. The van der Waals surface area contributed by atoms with Gasteiger partial charge in [-0.2, -0.15) is 0 Å². The van der Waals surface area contributed by atoms with Gasteiger partial charge in [0.25, 0.3) is 0 Å². The fourth-order valence-corrected chi connectivity index (χ4v) is 13.6. The minimum atomic E-state index is -0.610. The summed E-state index contributed by atoms with van der Waals surface area (Å²) in [6, 6.07) is 83.7. The minimum absolute atomic E-state index is 0.124. The third-order valence-corrected chi connectivity index (χ3v) is 16.9. The van der Waals surface area contributed by atoms with Crippen LogP contribution in [0.25, 0.3) is 75.1 Å². The molecule has 1 spiro atoms. The highest BCUT2D eigenvalue weighted by Crippen LogP contribution is 2.64. The molecule has 0 unspecified atom stereocenters. The molecule has 0 fully saturated rings. The van der Waals surface area contributed by atoms with Crippen LogP contribution in [0, 0.1) is 0 Å². The van der Waals surface area contributed by atoms with Gasteiger partial charge in [0.1, 0.15) is 11.5 Å². The second kappa shape index (κ2) is 14.1. The van der Waals surface area contributed by atoms with Crippen molar-refractivity contribution in [3.05, 3.63) is 258 Å². The summed E-state index contributed by atoms with van der Waals surface area (Å²) in [6.07, 6.45) is 0. The summed E-state index contributed by atoms with van der Waals surface area (Å²) < 4.78 is 9.84. The zero-order chi connectivity index (χ0) is 45.6. The number of nitrogens with zero attached hydrogens (tertiary/aromatic N) is 1. The number of anilines is 3. The van der Waals surface area contributed by atoms with Crippen LogP contribution >= 0.6 is 11.3 Å². The van der Waals surface area contributed by atoms with Crippen LogP contribution in [0.1, 0.15) is 47.2 Å². The molecule has 15 rings (SSSR count). The standard InChI is InChI=1S/C66H43NOS/c1-65(2)55-20-10-7-17-49(55)51-33-30-46(39-59(51)65)67(45-31-36-62-54(38-45)53-19-9-12-22-61(53)69-62)44-28-23-40(24-29-44)43-25-32-52-50-18-8-11-21-56(50)66(60(52)37-43)57-34-26-41-13-3-5-15-47(41)63(57)68-64-48-16-6-4-14-42(48)27-35-58(64)66/h3-39H,1-2H3. The fourth-order valence-electron chi connectivity index (χ4n) is 12.5. The van der Waals surface area contributed by atoms with E-state index in [1.165, 1.54) is 97.7 Å². The first-order chi connectivity index (χ1) is 33.9. The maximum atomic E-state index is 7.23. The van der Waals surface area contributed by atoms with Crippen molar-refractivity contribution in [1.82, 2.24) is 0 Å². The Morgan fingerprint density at radius 1 is 0.348 bits per heavy atom. The molecule has 1 aromatic heterocycles. The Labute approximate surface area is 405 Å². The number of thiophene rings is 1. The predicted molar refractivity (Wildman–Crippen MR) is 289 cm³/mol. The van der Waals surface area contributed by atoms with E-state index >= 15 is 0 Å². The molecule has 0 radical (unpaired) electrons.